The summed E-state index contributed by atoms with van der Waals surface area (Å²) in [5.74, 6) is 6.87. The predicted molar refractivity (Wildman–Crippen MR) is 66.1 cm³/mol. The summed E-state index contributed by atoms with van der Waals surface area (Å²) in [6.07, 6.45) is 0. The lowest BCUT2D eigenvalue weighted by molar-refractivity contribution is 0.395. The summed E-state index contributed by atoms with van der Waals surface area (Å²) < 4.78 is 6.07. The second kappa shape index (κ2) is 4.54. The van der Waals surface area contributed by atoms with Gasteiger partial charge < -0.3 is 4.52 Å². The van der Waals surface area contributed by atoms with Gasteiger partial charge in [-0.05, 0) is 38.0 Å². The zero-order valence-electron chi connectivity index (χ0n) is 9.04. The van der Waals surface area contributed by atoms with Gasteiger partial charge in [-0.25, -0.2) is 0 Å². The molecule has 0 aliphatic carbocycles. The van der Waals surface area contributed by atoms with Crippen LogP contribution in [0.2, 0.25) is 0 Å². The van der Waals surface area contributed by atoms with Gasteiger partial charge >= 0.3 is 0 Å². The van der Waals surface area contributed by atoms with E-state index in [4.69, 9.17) is 4.52 Å². The summed E-state index contributed by atoms with van der Waals surface area (Å²) in [5, 5.41) is 3.89. The van der Waals surface area contributed by atoms with Gasteiger partial charge in [0.05, 0.1) is 0 Å². The van der Waals surface area contributed by atoms with Crippen LogP contribution in [-0.2, 0) is 0 Å². The first-order valence-electron chi connectivity index (χ1n) is 4.87. The van der Waals surface area contributed by atoms with E-state index in [1.54, 1.807) is 0 Å². The Morgan fingerprint density at radius 3 is 2.69 bits per heavy atom. The van der Waals surface area contributed by atoms with Crippen LogP contribution in [0.1, 0.15) is 22.6 Å². The SMILES string of the molecule is Cc1onc(C#Cc2cccc(Br)c2)c1C. The van der Waals surface area contributed by atoms with Gasteiger partial charge in [0.2, 0.25) is 0 Å². The van der Waals surface area contributed by atoms with Crippen molar-refractivity contribution in [2.24, 2.45) is 0 Å². The fourth-order valence-corrected chi connectivity index (χ4v) is 1.63. The largest absolute Gasteiger partial charge is 0.360 e. The van der Waals surface area contributed by atoms with Gasteiger partial charge in [-0.2, -0.15) is 0 Å². The van der Waals surface area contributed by atoms with E-state index in [1.165, 1.54) is 0 Å². The molecule has 1 heterocycles. The highest BCUT2D eigenvalue weighted by atomic mass is 79.9. The predicted octanol–water partition coefficient (Wildman–Crippen LogP) is 3.45. The number of aryl methyl sites for hydroxylation is 1. The Balaban J connectivity index is 2.32. The molecule has 0 saturated carbocycles. The molecule has 2 rings (SSSR count). The molecular formula is C13H10BrNO. The molecule has 80 valence electrons. The average molecular weight is 276 g/mol. The quantitative estimate of drug-likeness (QED) is 0.689. The van der Waals surface area contributed by atoms with Crippen LogP contribution in [0.3, 0.4) is 0 Å². The number of benzene rings is 1. The zero-order valence-corrected chi connectivity index (χ0v) is 10.6. The van der Waals surface area contributed by atoms with Gasteiger partial charge in [0.25, 0.3) is 0 Å². The normalized spacial score (nSPS) is 9.69. The molecule has 2 nitrogen and oxygen atoms in total. The third-order valence-electron chi connectivity index (χ3n) is 2.31. The third kappa shape index (κ3) is 2.34. The van der Waals surface area contributed by atoms with Crippen molar-refractivity contribution in [3.8, 4) is 11.8 Å². The molecule has 0 bridgehead atoms. The molecule has 2 aromatic rings. The minimum atomic E-state index is 0.706. The lowest BCUT2D eigenvalue weighted by Gasteiger charge is -1.90. The van der Waals surface area contributed by atoms with Crippen LogP contribution in [0.25, 0.3) is 0 Å². The fraction of sp³-hybridized carbons (Fsp3) is 0.154. The van der Waals surface area contributed by atoms with E-state index in [-0.39, 0.29) is 0 Å². The molecule has 1 aromatic heterocycles. The van der Waals surface area contributed by atoms with Gasteiger partial charge in [0.1, 0.15) is 5.76 Å². The van der Waals surface area contributed by atoms with Gasteiger partial charge in [0.15, 0.2) is 5.69 Å². The summed E-state index contributed by atoms with van der Waals surface area (Å²) in [4.78, 5) is 0. The van der Waals surface area contributed by atoms with E-state index in [1.807, 2.05) is 38.1 Å². The monoisotopic (exact) mass is 275 g/mol. The van der Waals surface area contributed by atoms with Crippen LogP contribution in [0.15, 0.2) is 33.3 Å². The van der Waals surface area contributed by atoms with Gasteiger partial charge in [0, 0.05) is 15.6 Å². The molecule has 0 atom stereocenters. The second-order valence-electron chi connectivity index (χ2n) is 3.47. The number of nitrogens with zero attached hydrogens (tertiary/aromatic N) is 1. The van der Waals surface area contributed by atoms with Gasteiger partial charge in [-0.3, -0.25) is 0 Å². The van der Waals surface area contributed by atoms with Gasteiger partial charge in [-0.1, -0.05) is 33.1 Å². The second-order valence-corrected chi connectivity index (χ2v) is 4.39. The van der Waals surface area contributed by atoms with Crippen LogP contribution in [0, 0.1) is 25.7 Å². The number of hydrogen-bond acceptors (Lipinski definition) is 2. The first kappa shape index (κ1) is 11.0. The van der Waals surface area contributed by atoms with Crippen LogP contribution in [-0.4, -0.2) is 5.16 Å². The molecule has 0 spiro atoms. The van der Waals surface area contributed by atoms with Crippen LogP contribution in [0.4, 0.5) is 0 Å². The van der Waals surface area contributed by atoms with E-state index in [9.17, 15) is 0 Å². The highest BCUT2D eigenvalue weighted by molar-refractivity contribution is 9.10. The van der Waals surface area contributed by atoms with Crippen molar-refractivity contribution in [3.63, 3.8) is 0 Å². The molecule has 0 aliphatic rings. The molecule has 0 N–H and O–H groups in total. The summed E-state index contributed by atoms with van der Waals surface area (Å²) >= 11 is 3.41. The standard InChI is InChI=1S/C13H10BrNO/c1-9-10(2)16-15-13(9)7-6-11-4-3-5-12(14)8-11/h3-5,8H,1-2H3. The summed E-state index contributed by atoms with van der Waals surface area (Å²) in [5.41, 5.74) is 2.66. The Bertz CT molecular complexity index is 575. The Hall–Kier alpha value is -1.53. The number of halogens is 1. The molecule has 0 unspecified atom stereocenters. The average Bonchev–Trinajstić information content (AvgIpc) is 2.57. The Morgan fingerprint density at radius 1 is 1.25 bits per heavy atom. The first-order chi connectivity index (χ1) is 7.66. The highest BCUT2D eigenvalue weighted by Gasteiger charge is 2.04. The van der Waals surface area contributed by atoms with Crippen molar-refractivity contribution in [1.82, 2.24) is 5.16 Å². The smallest absolute Gasteiger partial charge is 0.159 e. The van der Waals surface area contributed by atoms with Crippen molar-refractivity contribution in [2.75, 3.05) is 0 Å². The molecule has 0 aliphatic heterocycles. The lowest BCUT2D eigenvalue weighted by Crippen LogP contribution is -1.79. The Morgan fingerprint density at radius 2 is 2.06 bits per heavy atom. The van der Waals surface area contributed by atoms with Gasteiger partial charge in [-0.15, -0.1) is 0 Å². The maximum atomic E-state index is 5.05. The van der Waals surface area contributed by atoms with Crippen molar-refractivity contribution < 1.29 is 4.52 Å². The zero-order chi connectivity index (χ0) is 11.5. The molecule has 0 fully saturated rings. The number of aromatic nitrogens is 1. The summed E-state index contributed by atoms with van der Waals surface area (Å²) in [6, 6.07) is 7.85. The molecule has 0 saturated heterocycles. The van der Waals surface area contributed by atoms with E-state index in [0.717, 1.165) is 21.4 Å². The van der Waals surface area contributed by atoms with Crippen molar-refractivity contribution in [3.05, 3.63) is 51.3 Å². The molecule has 0 radical (unpaired) electrons. The van der Waals surface area contributed by atoms with E-state index < -0.39 is 0 Å². The van der Waals surface area contributed by atoms with Crippen molar-refractivity contribution >= 4 is 15.9 Å². The van der Waals surface area contributed by atoms with Crippen LogP contribution >= 0.6 is 15.9 Å². The Kier molecular flexibility index (Phi) is 3.12. The first-order valence-corrected chi connectivity index (χ1v) is 5.66. The molecule has 16 heavy (non-hydrogen) atoms. The Labute approximate surface area is 103 Å². The molecule has 1 aromatic carbocycles. The fourth-order valence-electron chi connectivity index (χ4n) is 1.23. The lowest BCUT2D eigenvalue weighted by atomic mass is 10.2. The minimum Gasteiger partial charge on any atom is -0.360 e. The van der Waals surface area contributed by atoms with Crippen LogP contribution in [0.5, 0.6) is 0 Å². The van der Waals surface area contributed by atoms with Crippen molar-refractivity contribution in [1.29, 1.82) is 0 Å². The van der Waals surface area contributed by atoms with E-state index >= 15 is 0 Å². The van der Waals surface area contributed by atoms with E-state index in [0.29, 0.717) is 5.69 Å². The maximum Gasteiger partial charge on any atom is 0.159 e. The van der Waals surface area contributed by atoms with E-state index in [2.05, 4.69) is 32.9 Å². The summed E-state index contributed by atoms with van der Waals surface area (Å²) in [6.45, 7) is 3.84. The molecule has 0 amide bonds. The number of hydrogen-bond donors (Lipinski definition) is 0. The maximum absolute atomic E-state index is 5.05. The minimum absolute atomic E-state index is 0.706. The molecule has 3 heteroatoms. The summed E-state index contributed by atoms with van der Waals surface area (Å²) in [7, 11) is 0. The number of rotatable bonds is 0. The topological polar surface area (TPSA) is 26.0 Å². The highest BCUT2D eigenvalue weighted by Crippen LogP contribution is 2.12. The third-order valence-corrected chi connectivity index (χ3v) is 2.80. The van der Waals surface area contributed by atoms with Crippen LogP contribution < -0.4 is 0 Å². The van der Waals surface area contributed by atoms with Crippen molar-refractivity contribution in [2.45, 2.75) is 13.8 Å². The molecular weight excluding hydrogens is 266 g/mol.